The SMILES string of the molecule is NCC(=O)c1ccc(-c2ccc(OCc3ccccc3)cc2)cc1. The number of Topliss-reactive ketones (excluding diaryl/α,β-unsaturated/α-hetero) is 1. The highest BCUT2D eigenvalue weighted by Gasteiger charge is 2.04. The Labute approximate surface area is 141 Å². The Balaban J connectivity index is 1.67. The van der Waals surface area contributed by atoms with Gasteiger partial charge in [0.25, 0.3) is 0 Å². The van der Waals surface area contributed by atoms with Crippen molar-refractivity contribution in [2.75, 3.05) is 6.54 Å². The fraction of sp³-hybridized carbons (Fsp3) is 0.0952. The summed E-state index contributed by atoms with van der Waals surface area (Å²) in [5, 5.41) is 0. The van der Waals surface area contributed by atoms with E-state index in [0.717, 1.165) is 22.4 Å². The number of hydrogen-bond acceptors (Lipinski definition) is 3. The van der Waals surface area contributed by atoms with E-state index in [1.807, 2.05) is 78.9 Å². The van der Waals surface area contributed by atoms with E-state index >= 15 is 0 Å². The van der Waals surface area contributed by atoms with E-state index in [1.165, 1.54) is 0 Å². The summed E-state index contributed by atoms with van der Waals surface area (Å²) < 4.78 is 5.79. The van der Waals surface area contributed by atoms with Gasteiger partial charge in [-0.25, -0.2) is 0 Å². The van der Waals surface area contributed by atoms with E-state index in [9.17, 15) is 4.79 Å². The Morgan fingerprint density at radius 1 is 0.792 bits per heavy atom. The maximum absolute atomic E-state index is 11.6. The minimum atomic E-state index is -0.0498. The van der Waals surface area contributed by atoms with Crippen LogP contribution in [0.3, 0.4) is 0 Å². The van der Waals surface area contributed by atoms with Crippen LogP contribution in [0.25, 0.3) is 11.1 Å². The van der Waals surface area contributed by atoms with Crippen molar-refractivity contribution in [1.82, 2.24) is 0 Å². The first-order valence-corrected chi connectivity index (χ1v) is 7.87. The largest absolute Gasteiger partial charge is 0.489 e. The maximum Gasteiger partial charge on any atom is 0.176 e. The molecule has 0 aromatic heterocycles. The first-order valence-electron chi connectivity index (χ1n) is 7.87. The molecule has 0 saturated heterocycles. The topological polar surface area (TPSA) is 52.3 Å². The van der Waals surface area contributed by atoms with Crippen LogP contribution in [0.4, 0.5) is 0 Å². The molecule has 120 valence electrons. The Kier molecular flexibility index (Phi) is 5.04. The second-order valence-corrected chi connectivity index (χ2v) is 5.50. The summed E-state index contributed by atoms with van der Waals surface area (Å²) in [7, 11) is 0. The number of carbonyl (C=O) groups is 1. The van der Waals surface area contributed by atoms with Crippen molar-refractivity contribution in [2.24, 2.45) is 5.73 Å². The van der Waals surface area contributed by atoms with Crippen LogP contribution < -0.4 is 10.5 Å². The summed E-state index contributed by atoms with van der Waals surface area (Å²) >= 11 is 0. The van der Waals surface area contributed by atoms with Crippen LogP contribution >= 0.6 is 0 Å². The minimum Gasteiger partial charge on any atom is -0.489 e. The fourth-order valence-corrected chi connectivity index (χ4v) is 2.45. The van der Waals surface area contributed by atoms with Gasteiger partial charge < -0.3 is 10.5 Å². The van der Waals surface area contributed by atoms with Crippen LogP contribution in [-0.2, 0) is 6.61 Å². The second-order valence-electron chi connectivity index (χ2n) is 5.50. The van der Waals surface area contributed by atoms with E-state index < -0.39 is 0 Å². The number of rotatable bonds is 6. The Bertz CT molecular complexity index is 794. The number of benzene rings is 3. The lowest BCUT2D eigenvalue weighted by atomic mass is 10.0. The van der Waals surface area contributed by atoms with Gasteiger partial charge in [-0.15, -0.1) is 0 Å². The van der Waals surface area contributed by atoms with E-state index in [0.29, 0.717) is 12.2 Å². The average Bonchev–Trinajstić information content (AvgIpc) is 2.67. The third-order valence-corrected chi connectivity index (χ3v) is 3.83. The molecule has 3 aromatic carbocycles. The molecular formula is C21H19NO2. The van der Waals surface area contributed by atoms with Crippen LogP contribution in [0, 0.1) is 0 Å². The molecule has 0 aliphatic heterocycles. The molecule has 0 aliphatic rings. The highest BCUT2D eigenvalue weighted by Crippen LogP contribution is 2.23. The summed E-state index contributed by atoms with van der Waals surface area (Å²) in [5.74, 6) is 0.781. The zero-order valence-corrected chi connectivity index (χ0v) is 13.3. The third kappa shape index (κ3) is 3.89. The highest BCUT2D eigenvalue weighted by molar-refractivity contribution is 5.97. The lowest BCUT2D eigenvalue weighted by Gasteiger charge is -2.08. The van der Waals surface area contributed by atoms with Crippen molar-refractivity contribution in [1.29, 1.82) is 0 Å². The van der Waals surface area contributed by atoms with Crippen molar-refractivity contribution in [3.8, 4) is 16.9 Å². The lowest BCUT2D eigenvalue weighted by Crippen LogP contribution is -2.13. The van der Waals surface area contributed by atoms with Gasteiger partial charge >= 0.3 is 0 Å². The summed E-state index contributed by atoms with van der Waals surface area (Å²) in [6.07, 6.45) is 0. The van der Waals surface area contributed by atoms with Crippen molar-refractivity contribution in [2.45, 2.75) is 6.61 Å². The van der Waals surface area contributed by atoms with Gasteiger partial charge in [0.2, 0.25) is 0 Å². The molecule has 0 amide bonds. The molecule has 0 unspecified atom stereocenters. The van der Waals surface area contributed by atoms with Gasteiger partial charge in [0.1, 0.15) is 12.4 Å². The van der Waals surface area contributed by atoms with Crippen LogP contribution in [0.2, 0.25) is 0 Å². The first kappa shape index (κ1) is 16.0. The van der Waals surface area contributed by atoms with Crippen LogP contribution in [0.15, 0.2) is 78.9 Å². The number of hydrogen-bond donors (Lipinski definition) is 1. The maximum atomic E-state index is 11.6. The molecule has 0 fully saturated rings. The second kappa shape index (κ2) is 7.57. The van der Waals surface area contributed by atoms with Gasteiger partial charge in [-0.1, -0.05) is 66.7 Å². The molecule has 0 heterocycles. The van der Waals surface area contributed by atoms with E-state index in [-0.39, 0.29) is 12.3 Å². The molecular weight excluding hydrogens is 298 g/mol. The molecule has 0 spiro atoms. The summed E-state index contributed by atoms with van der Waals surface area (Å²) in [6.45, 7) is 0.586. The molecule has 3 nitrogen and oxygen atoms in total. The Hall–Kier alpha value is -2.91. The van der Waals surface area contributed by atoms with Gasteiger partial charge in [-0.3, -0.25) is 4.79 Å². The van der Waals surface area contributed by atoms with E-state index in [2.05, 4.69) is 0 Å². The zero-order chi connectivity index (χ0) is 16.8. The normalized spacial score (nSPS) is 10.4. The van der Waals surface area contributed by atoms with Gasteiger partial charge in [0.15, 0.2) is 5.78 Å². The average molecular weight is 317 g/mol. The number of nitrogens with two attached hydrogens (primary N) is 1. The minimum absolute atomic E-state index is 0.0345. The summed E-state index contributed by atoms with van der Waals surface area (Å²) in [4.78, 5) is 11.6. The number of carbonyl (C=O) groups excluding carboxylic acids is 1. The van der Waals surface area contributed by atoms with Crippen molar-refractivity contribution in [3.05, 3.63) is 90.0 Å². The van der Waals surface area contributed by atoms with Crippen molar-refractivity contribution >= 4 is 5.78 Å². The predicted octanol–water partition coefficient (Wildman–Crippen LogP) is 4.07. The monoisotopic (exact) mass is 317 g/mol. The van der Waals surface area contributed by atoms with Crippen molar-refractivity contribution in [3.63, 3.8) is 0 Å². The Morgan fingerprint density at radius 3 is 1.96 bits per heavy atom. The molecule has 0 atom stereocenters. The molecule has 0 bridgehead atoms. The predicted molar refractivity (Wildman–Crippen MR) is 96.0 cm³/mol. The molecule has 24 heavy (non-hydrogen) atoms. The summed E-state index contributed by atoms with van der Waals surface area (Å²) in [6, 6.07) is 25.5. The smallest absolute Gasteiger partial charge is 0.176 e. The van der Waals surface area contributed by atoms with E-state index in [1.54, 1.807) is 0 Å². The fourth-order valence-electron chi connectivity index (χ4n) is 2.45. The third-order valence-electron chi connectivity index (χ3n) is 3.83. The van der Waals surface area contributed by atoms with Crippen LogP contribution in [0.1, 0.15) is 15.9 Å². The molecule has 3 rings (SSSR count). The zero-order valence-electron chi connectivity index (χ0n) is 13.3. The molecule has 0 aliphatic carbocycles. The lowest BCUT2D eigenvalue weighted by molar-refractivity contribution is 0.100. The van der Waals surface area contributed by atoms with Gasteiger partial charge in [0.05, 0.1) is 6.54 Å². The highest BCUT2D eigenvalue weighted by atomic mass is 16.5. The van der Waals surface area contributed by atoms with Gasteiger partial charge in [-0.2, -0.15) is 0 Å². The molecule has 0 radical (unpaired) electrons. The molecule has 0 saturated carbocycles. The van der Waals surface area contributed by atoms with Gasteiger partial charge in [0, 0.05) is 5.56 Å². The van der Waals surface area contributed by atoms with E-state index in [4.69, 9.17) is 10.5 Å². The first-order chi connectivity index (χ1) is 11.8. The van der Waals surface area contributed by atoms with Crippen LogP contribution in [-0.4, -0.2) is 12.3 Å². The molecule has 3 heteroatoms. The quantitative estimate of drug-likeness (QED) is 0.697. The standard InChI is InChI=1S/C21H19NO2/c22-14-21(23)19-8-6-17(7-9-19)18-10-12-20(13-11-18)24-15-16-4-2-1-3-5-16/h1-13H,14-15,22H2. The summed E-state index contributed by atoms with van der Waals surface area (Å²) in [5.41, 5.74) is 9.29. The molecule has 3 aromatic rings. The van der Waals surface area contributed by atoms with Crippen LogP contribution in [0.5, 0.6) is 5.75 Å². The number of ether oxygens (including phenoxy) is 1. The van der Waals surface area contributed by atoms with Gasteiger partial charge in [-0.05, 0) is 28.8 Å². The van der Waals surface area contributed by atoms with Crippen molar-refractivity contribution < 1.29 is 9.53 Å². The molecule has 2 N–H and O–H groups in total. The Morgan fingerprint density at radius 2 is 1.38 bits per heavy atom. The number of ketones is 1.